The first-order valence-corrected chi connectivity index (χ1v) is 4.99. The quantitative estimate of drug-likeness (QED) is 0.456. The molecule has 2 heteroatoms. The Labute approximate surface area is 82.1 Å². The van der Waals surface area contributed by atoms with Gasteiger partial charge in [-0.3, -0.25) is 0 Å². The Morgan fingerprint density at radius 1 is 1.31 bits per heavy atom. The minimum atomic E-state index is 0.731. The van der Waals surface area contributed by atoms with Crippen molar-refractivity contribution < 1.29 is 4.74 Å². The molecule has 0 rings (SSSR count). The van der Waals surface area contributed by atoms with Crippen LogP contribution >= 0.6 is 0 Å². The van der Waals surface area contributed by atoms with Crippen LogP contribution in [-0.2, 0) is 4.74 Å². The largest absolute Gasteiger partial charge is 0.380 e. The average molecular weight is 183 g/mol. The fourth-order valence-electron chi connectivity index (χ4n) is 0.851. The van der Waals surface area contributed by atoms with Crippen LogP contribution in [-0.4, -0.2) is 26.3 Å². The van der Waals surface area contributed by atoms with Crippen LogP contribution in [0, 0.1) is 18.3 Å². The molecule has 0 aromatic carbocycles. The van der Waals surface area contributed by atoms with Crippen LogP contribution < -0.4 is 5.32 Å². The molecule has 0 atom stereocenters. The Hall–Kier alpha value is -0.520. The van der Waals surface area contributed by atoms with Crippen LogP contribution in [0.1, 0.15) is 26.7 Å². The second kappa shape index (κ2) is 9.57. The third kappa shape index (κ3) is 11.5. The smallest absolute Gasteiger partial charge is 0.0590 e. The van der Waals surface area contributed by atoms with Crippen molar-refractivity contribution >= 4 is 0 Å². The summed E-state index contributed by atoms with van der Waals surface area (Å²) < 4.78 is 5.41. The van der Waals surface area contributed by atoms with E-state index < -0.39 is 0 Å². The summed E-state index contributed by atoms with van der Waals surface area (Å²) in [5, 5.41) is 3.21. The van der Waals surface area contributed by atoms with Gasteiger partial charge in [-0.1, -0.05) is 13.8 Å². The van der Waals surface area contributed by atoms with Gasteiger partial charge >= 0.3 is 0 Å². The number of hydrogen-bond donors (Lipinski definition) is 1. The fourth-order valence-corrected chi connectivity index (χ4v) is 0.851. The maximum atomic E-state index is 5.41. The Balaban J connectivity index is 2.88. The van der Waals surface area contributed by atoms with E-state index in [1.807, 2.05) is 0 Å². The Kier molecular flexibility index (Phi) is 9.18. The van der Waals surface area contributed by atoms with E-state index in [1.165, 1.54) is 0 Å². The monoisotopic (exact) mass is 183 g/mol. The van der Waals surface area contributed by atoms with E-state index in [4.69, 9.17) is 11.2 Å². The Morgan fingerprint density at radius 2 is 2.08 bits per heavy atom. The average Bonchev–Trinajstić information content (AvgIpc) is 2.09. The summed E-state index contributed by atoms with van der Waals surface area (Å²) in [7, 11) is 0. The van der Waals surface area contributed by atoms with Gasteiger partial charge in [-0.25, -0.2) is 0 Å². The highest BCUT2D eigenvalue weighted by atomic mass is 16.5. The van der Waals surface area contributed by atoms with Crippen LogP contribution in [0.4, 0.5) is 0 Å². The lowest BCUT2D eigenvalue weighted by Gasteiger charge is -2.06. The molecular weight excluding hydrogens is 162 g/mol. The molecule has 0 bridgehead atoms. The van der Waals surface area contributed by atoms with Crippen LogP contribution in [0.25, 0.3) is 0 Å². The van der Waals surface area contributed by atoms with Gasteiger partial charge in [-0.15, -0.1) is 12.3 Å². The standard InChI is InChI=1S/C11H21NO/c1-4-5-7-12-8-10-13-9-6-11(2)3/h1,11-12H,5-10H2,2-3H3. The highest BCUT2D eigenvalue weighted by Gasteiger charge is 1.93. The van der Waals surface area contributed by atoms with Crippen LogP contribution in [0.5, 0.6) is 0 Å². The lowest BCUT2D eigenvalue weighted by Crippen LogP contribution is -2.20. The lowest BCUT2D eigenvalue weighted by molar-refractivity contribution is 0.125. The minimum Gasteiger partial charge on any atom is -0.380 e. The van der Waals surface area contributed by atoms with Gasteiger partial charge in [0.2, 0.25) is 0 Å². The summed E-state index contributed by atoms with van der Waals surface area (Å²) in [5.41, 5.74) is 0. The van der Waals surface area contributed by atoms with Gasteiger partial charge in [-0.05, 0) is 12.3 Å². The van der Waals surface area contributed by atoms with Gasteiger partial charge in [0, 0.05) is 26.1 Å². The summed E-state index contributed by atoms with van der Waals surface area (Å²) in [6.45, 7) is 7.86. The van der Waals surface area contributed by atoms with Gasteiger partial charge in [0.1, 0.15) is 0 Å². The second-order valence-electron chi connectivity index (χ2n) is 3.50. The third-order valence-electron chi connectivity index (χ3n) is 1.71. The molecule has 0 aliphatic carbocycles. The zero-order valence-corrected chi connectivity index (χ0v) is 8.81. The van der Waals surface area contributed by atoms with Gasteiger partial charge in [0.15, 0.2) is 0 Å². The van der Waals surface area contributed by atoms with Crippen LogP contribution in [0.2, 0.25) is 0 Å². The van der Waals surface area contributed by atoms with Crippen LogP contribution in [0.15, 0.2) is 0 Å². The predicted octanol–water partition coefficient (Wildman–Crippen LogP) is 1.66. The molecule has 0 aliphatic rings. The highest BCUT2D eigenvalue weighted by Crippen LogP contribution is 1.97. The normalized spacial score (nSPS) is 10.3. The first-order chi connectivity index (χ1) is 6.27. The van der Waals surface area contributed by atoms with Gasteiger partial charge in [0.25, 0.3) is 0 Å². The molecule has 0 saturated carbocycles. The maximum absolute atomic E-state index is 5.41. The molecule has 0 aromatic heterocycles. The van der Waals surface area contributed by atoms with Crippen molar-refractivity contribution in [2.24, 2.45) is 5.92 Å². The molecule has 0 saturated heterocycles. The summed E-state index contributed by atoms with van der Waals surface area (Å²) in [6, 6.07) is 0. The molecule has 1 N–H and O–H groups in total. The number of ether oxygens (including phenoxy) is 1. The molecule has 0 aliphatic heterocycles. The van der Waals surface area contributed by atoms with Crippen molar-refractivity contribution in [3.8, 4) is 12.3 Å². The summed E-state index contributed by atoms with van der Waals surface area (Å²) >= 11 is 0. The van der Waals surface area contributed by atoms with Crippen molar-refractivity contribution in [1.29, 1.82) is 0 Å². The van der Waals surface area contributed by atoms with Crippen LogP contribution in [0.3, 0.4) is 0 Å². The summed E-state index contributed by atoms with van der Waals surface area (Å²) in [4.78, 5) is 0. The number of terminal acetylenes is 1. The van der Waals surface area contributed by atoms with E-state index in [0.29, 0.717) is 0 Å². The van der Waals surface area contributed by atoms with Gasteiger partial charge < -0.3 is 10.1 Å². The molecule has 0 heterocycles. The van der Waals surface area contributed by atoms with E-state index in [9.17, 15) is 0 Å². The molecule has 0 amide bonds. The Bertz CT molecular complexity index is 138. The first kappa shape index (κ1) is 12.5. The summed E-state index contributed by atoms with van der Waals surface area (Å²) in [5.74, 6) is 3.31. The van der Waals surface area contributed by atoms with E-state index in [-0.39, 0.29) is 0 Å². The van der Waals surface area contributed by atoms with Gasteiger partial charge in [0.05, 0.1) is 6.61 Å². The maximum Gasteiger partial charge on any atom is 0.0590 e. The second-order valence-corrected chi connectivity index (χ2v) is 3.50. The van der Waals surface area contributed by atoms with E-state index in [1.54, 1.807) is 0 Å². The zero-order chi connectivity index (χ0) is 9.94. The Morgan fingerprint density at radius 3 is 2.69 bits per heavy atom. The first-order valence-electron chi connectivity index (χ1n) is 4.99. The molecular formula is C11H21NO. The third-order valence-corrected chi connectivity index (χ3v) is 1.71. The molecule has 0 spiro atoms. The molecule has 76 valence electrons. The molecule has 13 heavy (non-hydrogen) atoms. The zero-order valence-electron chi connectivity index (χ0n) is 8.81. The molecule has 2 nitrogen and oxygen atoms in total. The van der Waals surface area contributed by atoms with E-state index in [2.05, 4.69) is 25.1 Å². The lowest BCUT2D eigenvalue weighted by atomic mass is 10.1. The van der Waals surface area contributed by atoms with Crippen molar-refractivity contribution in [3.05, 3.63) is 0 Å². The molecule has 0 unspecified atom stereocenters. The van der Waals surface area contributed by atoms with Crippen molar-refractivity contribution in [2.45, 2.75) is 26.7 Å². The highest BCUT2D eigenvalue weighted by molar-refractivity contribution is 4.83. The number of hydrogen-bond acceptors (Lipinski definition) is 2. The summed E-state index contributed by atoms with van der Waals surface area (Å²) in [6.07, 6.45) is 7.04. The molecule has 0 fully saturated rings. The fraction of sp³-hybridized carbons (Fsp3) is 0.818. The van der Waals surface area contributed by atoms with Crippen molar-refractivity contribution in [3.63, 3.8) is 0 Å². The van der Waals surface area contributed by atoms with Crippen molar-refractivity contribution in [2.75, 3.05) is 26.3 Å². The minimum absolute atomic E-state index is 0.731. The topological polar surface area (TPSA) is 21.3 Å². The molecule has 0 radical (unpaired) electrons. The SMILES string of the molecule is C#CCCNCCOCCC(C)C. The van der Waals surface area contributed by atoms with E-state index in [0.717, 1.165) is 45.1 Å². The van der Waals surface area contributed by atoms with Gasteiger partial charge in [-0.2, -0.15) is 0 Å². The molecule has 0 aromatic rings. The van der Waals surface area contributed by atoms with E-state index >= 15 is 0 Å². The predicted molar refractivity (Wildman–Crippen MR) is 56.6 cm³/mol. The number of rotatable bonds is 8. The van der Waals surface area contributed by atoms with Crippen molar-refractivity contribution in [1.82, 2.24) is 5.32 Å². The number of nitrogens with one attached hydrogen (secondary N) is 1.